The summed E-state index contributed by atoms with van der Waals surface area (Å²) < 4.78 is 2.64. The molecule has 0 aliphatic heterocycles. The molecule has 0 atom stereocenters. The van der Waals surface area contributed by atoms with Gasteiger partial charge in [-0.05, 0) is 70.2 Å². The van der Waals surface area contributed by atoms with Crippen LogP contribution in [0.1, 0.15) is 105 Å². The molecule has 10 heteroatoms. The minimum atomic E-state index is -0.322. The highest BCUT2D eigenvalue weighted by atomic mass is 32.2. The summed E-state index contributed by atoms with van der Waals surface area (Å²) >= 11 is 2.59. The van der Waals surface area contributed by atoms with Crippen LogP contribution in [0, 0.1) is 0 Å². The van der Waals surface area contributed by atoms with Gasteiger partial charge in [0, 0.05) is 44.2 Å². The summed E-state index contributed by atoms with van der Waals surface area (Å²) in [7, 11) is 0. The molecule has 5 aromatic rings. The van der Waals surface area contributed by atoms with E-state index < -0.39 is 0 Å². The highest BCUT2D eigenvalue weighted by Crippen LogP contribution is 2.48. The van der Waals surface area contributed by atoms with Gasteiger partial charge in [0.15, 0.2) is 11.8 Å². The number of hydrogen-bond donors (Lipinski definition) is 6. The van der Waals surface area contributed by atoms with Gasteiger partial charge in [-0.2, -0.15) is 0 Å². The van der Waals surface area contributed by atoms with Gasteiger partial charge >= 0.3 is 0 Å². The third-order valence-electron chi connectivity index (χ3n) is 9.06. The minimum absolute atomic E-state index is 0.151. The summed E-state index contributed by atoms with van der Waals surface area (Å²) in [5.41, 5.74) is 2.84. The zero-order chi connectivity index (χ0) is 38.9. The lowest BCUT2D eigenvalue weighted by atomic mass is 9.79. The average Bonchev–Trinajstić information content (AvgIpc) is 3.44. The van der Waals surface area contributed by atoms with Crippen LogP contribution in [0.5, 0.6) is 35.0 Å². The predicted molar refractivity (Wildman–Crippen MR) is 211 cm³/mol. The van der Waals surface area contributed by atoms with Crippen molar-refractivity contribution in [3.63, 3.8) is 0 Å². The zero-order valence-corrected chi connectivity index (χ0v) is 33.8. The number of phenolic OH excluding ortho intramolecular Hbond substituents is 2. The molecular weight excluding hydrogens is 693 g/mol. The molecule has 0 fully saturated rings. The Hall–Kier alpha value is -4.28. The SMILES string of the molecule is CC(C)(C)c1cc(Sc2cc(O)n(-c3ccc(-n4c(O)cc(Sc5cc(C(C)(C)C)c(O)c(C(C)(C)C)c5)c4O)cc3)c2O)cc(C(C)(C)C)c1O. The predicted octanol–water partition coefficient (Wildman–Crippen LogP) is 11.0. The highest BCUT2D eigenvalue weighted by molar-refractivity contribution is 7.99. The van der Waals surface area contributed by atoms with E-state index in [4.69, 9.17) is 0 Å². The monoisotopic (exact) mass is 744 g/mol. The molecule has 0 aliphatic carbocycles. The first-order chi connectivity index (χ1) is 23.8. The van der Waals surface area contributed by atoms with Crippen LogP contribution < -0.4 is 0 Å². The highest BCUT2D eigenvalue weighted by Gasteiger charge is 2.29. The Morgan fingerprint density at radius 1 is 0.404 bits per heavy atom. The van der Waals surface area contributed by atoms with E-state index in [0.717, 1.165) is 32.0 Å². The van der Waals surface area contributed by atoms with Gasteiger partial charge in [0.2, 0.25) is 11.8 Å². The minimum Gasteiger partial charge on any atom is -0.507 e. The molecule has 8 nitrogen and oxygen atoms in total. The molecule has 2 aromatic heterocycles. The van der Waals surface area contributed by atoms with Crippen molar-refractivity contribution in [3.05, 3.63) is 82.9 Å². The largest absolute Gasteiger partial charge is 0.507 e. The number of aromatic hydroxyl groups is 6. The summed E-state index contributed by atoms with van der Waals surface area (Å²) in [5.74, 6) is -0.0966. The number of phenols is 2. The molecule has 0 unspecified atom stereocenters. The number of nitrogens with zero attached hydrogens (tertiary/aromatic N) is 2. The van der Waals surface area contributed by atoms with Gasteiger partial charge in [-0.1, -0.05) is 107 Å². The Morgan fingerprint density at radius 2 is 0.654 bits per heavy atom. The lowest BCUT2D eigenvalue weighted by Crippen LogP contribution is -2.17. The van der Waals surface area contributed by atoms with Crippen LogP contribution in [0.3, 0.4) is 0 Å². The zero-order valence-electron chi connectivity index (χ0n) is 32.2. The van der Waals surface area contributed by atoms with Crippen molar-refractivity contribution >= 4 is 23.5 Å². The molecule has 0 amide bonds. The van der Waals surface area contributed by atoms with Gasteiger partial charge < -0.3 is 30.6 Å². The van der Waals surface area contributed by atoms with E-state index in [9.17, 15) is 30.6 Å². The molecule has 0 saturated carbocycles. The van der Waals surface area contributed by atoms with Crippen LogP contribution in [-0.4, -0.2) is 39.8 Å². The van der Waals surface area contributed by atoms with Gasteiger partial charge in [0.25, 0.3) is 0 Å². The fourth-order valence-corrected chi connectivity index (χ4v) is 8.12. The maximum absolute atomic E-state index is 11.3. The van der Waals surface area contributed by atoms with Crippen LogP contribution in [-0.2, 0) is 21.7 Å². The van der Waals surface area contributed by atoms with Crippen LogP contribution in [0.25, 0.3) is 11.4 Å². The number of benzene rings is 3. The molecule has 52 heavy (non-hydrogen) atoms. The normalized spacial score (nSPS) is 12.8. The third-order valence-corrected chi connectivity index (χ3v) is 11.0. The van der Waals surface area contributed by atoms with Crippen molar-refractivity contribution in [3.8, 4) is 46.4 Å². The van der Waals surface area contributed by atoms with Crippen molar-refractivity contribution in [2.24, 2.45) is 0 Å². The van der Waals surface area contributed by atoms with Gasteiger partial charge in [-0.15, -0.1) is 0 Å². The van der Waals surface area contributed by atoms with Gasteiger partial charge in [-0.25, -0.2) is 0 Å². The Bertz CT molecular complexity index is 1910. The molecule has 3 aromatic carbocycles. The average molecular weight is 745 g/mol. The smallest absolute Gasteiger partial charge is 0.213 e. The number of rotatable bonds is 6. The van der Waals surface area contributed by atoms with E-state index >= 15 is 0 Å². The van der Waals surface area contributed by atoms with Crippen molar-refractivity contribution in [1.29, 1.82) is 0 Å². The number of aromatic nitrogens is 2. The van der Waals surface area contributed by atoms with Crippen LogP contribution >= 0.6 is 23.5 Å². The summed E-state index contributed by atoms with van der Waals surface area (Å²) in [6.45, 7) is 24.5. The molecule has 0 spiro atoms. The van der Waals surface area contributed by atoms with E-state index in [1.54, 1.807) is 24.3 Å². The van der Waals surface area contributed by atoms with Crippen LogP contribution in [0.2, 0.25) is 0 Å². The lowest BCUT2D eigenvalue weighted by molar-refractivity contribution is 0.396. The fraction of sp³-hybridized carbons (Fsp3) is 0.381. The first-order valence-corrected chi connectivity index (χ1v) is 18.9. The second-order valence-corrected chi connectivity index (χ2v) is 19.7. The van der Waals surface area contributed by atoms with Crippen molar-refractivity contribution in [2.75, 3.05) is 0 Å². The standard InChI is InChI=1S/C42H52N2O6S2/c1-39(2,3)27-17-25(18-28(35(27)47)40(4,5)6)51-31-21-33(45)43(37(31)49)23-13-15-24(16-14-23)44-34(46)22-32(38(44)50)52-26-19-29(41(7,8)9)36(48)30(20-26)42(10,11)12/h13-22,45-50H,1-12H3. The maximum atomic E-state index is 11.3. The van der Waals surface area contributed by atoms with Crippen molar-refractivity contribution in [2.45, 2.75) is 124 Å². The first-order valence-electron chi connectivity index (χ1n) is 17.3. The molecule has 0 saturated heterocycles. The van der Waals surface area contributed by atoms with Gasteiger partial charge in [0.1, 0.15) is 11.5 Å². The fourth-order valence-electron chi connectivity index (χ4n) is 6.21. The first kappa shape index (κ1) is 38.9. The molecule has 278 valence electrons. The number of hydrogen-bond acceptors (Lipinski definition) is 8. The lowest BCUT2D eigenvalue weighted by Gasteiger charge is -2.28. The van der Waals surface area contributed by atoms with E-state index in [0.29, 0.717) is 21.2 Å². The quantitative estimate of drug-likeness (QED) is 0.101. The summed E-state index contributed by atoms with van der Waals surface area (Å²) in [6, 6.07) is 17.4. The maximum Gasteiger partial charge on any atom is 0.213 e. The Kier molecular flexibility index (Phi) is 9.95. The van der Waals surface area contributed by atoms with E-state index in [2.05, 4.69) is 0 Å². The summed E-state index contributed by atoms with van der Waals surface area (Å²) in [6.07, 6.45) is 0. The topological polar surface area (TPSA) is 131 Å². The molecule has 0 radical (unpaired) electrons. The van der Waals surface area contributed by atoms with Crippen LogP contribution in [0.4, 0.5) is 0 Å². The van der Waals surface area contributed by atoms with Crippen LogP contribution in [0.15, 0.2) is 80.2 Å². The van der Waals surface area contributed by atoms with Gasteiger partial charge in [-0.3, -0.25) is 9.13 Å². The van der Waals surface area contributed by atoms with Gasteiger partial charge in [0.05, 0.1) is 21.2 Å². The second kappa shape index (κ2) is 13.3. The molecular formula is C42H52N2O6S2. The van der Waals surface area contributed by atoms with E-state index in [1.807, 2.05) is 107 Å². The second-order valence-electron chi connectivity index (χ2n) is 17.5. The summed E-state index contributed by atoms with van der Waals surface area (Å²) in [4.78, 5) is 2.51. The molecule has 6 N–H and O–H groups in total. The Morgan fingerprint density at radius 3 is 0.885 bits per heavy atom. The summed E-state index contributed by atoms with van der Waals surface area (Å²) in [5, 5.41) is 66.9. The van der Waals surface area contributed by atoms with E-state index in [-0.39, 0.29) is 56.7 Å². The molecule has 0 bridgehead atoms. The van der Waals surface area contributed by atoms with Crippen molar-refractivity contribution in [1.82, 2.24) is 9.13 Å². The molecule has 5 rings (SSSR count). The third kappa shape index (κ3) is 7.60. The molecule has 2 heterocycles. The molecule has 0 aliphatic rings. The van der Waals surface area contributed by atoms with Crippen molar-refractivity contribution < 1.29 is 30.6 Å². The van der Waals surface area contributed by atoms with E-state index in [1.165, 1.54) is 44.8 Å². The Balaban J connectivity index is 1.46. The Labute approximate surface area is 315 Å².